The molecule has 1 rings (SSSR count). The third kappa shape index (κ3) is 4.90. The Morgan fingerprint density at radius 1 is 1.25 bits per heavy atom. The van der Waals surface area contributed by atoms with Gasteiger partial charge in [-0.3, -0.25) is 0 Å². The van der Waals surface area contributed by atoms with Gasteiger partial charge in [0.05, 0.1) is 7.11 Å². The lowest BCUT2D eigenvalue weighted by Gasteiger charge is -2.08. The van der Waals surface area contributed by atoms with E-state index in [1.54, 1.807) is 7.11 Å². The van der Waals surface area contributed by atoms with E-state index in [0.717, 1.165) is 25.3 Å². The Hall–Kier alpha value is -0.670. The molecule has 0 fully saturated rings. The smallest absolute Gasteiger partial charge is 0.122 e. The zero-order chi connectivity index (χ0) is 11.6. The standard InChI is InChI=1S/C13H21NOS/c1-15-13-7-4-3-6-12(13)8-10-14-9-5-11-16-2/h3-4,6-7,14H,5,8-11H2,1-2H3. The third-order valence-electron chi connectivity index (χ3n) is 2.47. The maximum atomic E-state index is 5.31. The van der Waals surface area contributed by atoms with E-state index in [2.05, 4.69) is 23.7 Å². The van der Waals surface area contributed by atoms with Gasteiger partial charge in [-0.2, -0.15) is 11.8 Å². The van der Waals surface area contributed by atoms with Crippen LogP contribution >= 0.6 is 11.8 Å². The number of nitrogens with one attached hydrogen (secondary N) is 1. The molecule has 0 radical (unpaired) electrons. The number of benzene rings is 1. The van der Waals surface area contributed by atoms with Gasteiger partial charge in [-0.15, -0.1) is 0 Å². The molecule has 1 aromatic rings. The second kappa shape index (κ2) is 8.48. The largest absolute Gasteiger partial charge is 0.496 e. The molecule has 0 aliphatic heterocycles. The molecule has 16 heavy (non-hydrogen) atoms. The predicted octanol–water partition coefficient (Wildman–Crippen LogP) is 2.58. The van der Waals surface area contributed by atoms with Crippen LogP contribution in [0.1, 0.15) is 12.0 Å². The number of rotatable bonds is 8. The first-order valence-corrected chi connectivity index (χ1v) is 7.09. The van der Waals surface area contributed by atoms with Gasteiger partial charge in [0.1, 0.15) is 5.75 Å². The van der Waals surface area contributed by atoms with E-state index in [1.165, 1.54) is 17.7 Å². The Balaban J connectivity index is 2.21. The second-order valence-corrected chi connectivity index (χ2v) is 4.64. The van der Waals surface area contributed by atoms with Crippen LogP contribution in [0.4, 0.5) is 0 Å². The van der Waals surface area contributed by atoms with Crippen molar-refractivity contribution in [2.45, 2.75) is 12.8 Å². The van der Waals surface area contributed by atoms with Crippen LogP contribution in [-0.2, 0) is 6.42 Å². The molecular weight excluding hydrogens is 218 g/mol. The maximum absolute atomic E-state index is 5.31. The van der Waals surface area contributed by atoms with Crippen LogP contribution in [0.3, 0.4) is 0 Å². The first kappa shape index (κ1) is 13.4. The van der Waals surface area contributed by atoms with E-state index in [1.807, 2.05) is 23.9 Å². The van der Waals surface area contributed by atoms with Crippen molar-refractivity contribution >= 4 is 11.8 Å². The van der Waals surface area contributed by atoms with Crippen molar-refractivity contribution in [3.63, 3.8) is 0 Å². The van der Waals surface area contributed by atoms with E-state index in [9.17, 15) is 0 Å². The highest BCUT2D eigenvalue weighted by Crippen LogP contribution is 2.17. The van der Waals surface area contributed by atoms with Crippen LogP contribution < -0.4 is 10.1 Å². The molecular formula is C13H21NOS. The van der Waals surface area contributed by atoms with Crippen LogP contribution in [0.2, 0.25) is 0 Å². The summed E-state index contributed by atoms with van der Waals surface area (Å²) >= 11 is 1.90. The summed E-state index contributed by atoms with van der Waals surface area (Å²) in [6.07, 6.45) is 4.42. The Morgan fingerprint density at radius 2 is 2.06 bits per heavy atom. The number of methoxy groups -OCH3 is 1. The van der Waals surface area contributed by atoms with Gasteiger partial charge in [-0.05, 0) is 49.6 Å². The van der Waals surface area contributed by atoms with Gasteiger partial charge in [0.2, 0.25) is 0 Å². The number of thioether (sulfide) groups is 1. The van der Waals surface area contributed by atoms with Crippen LogP contribution in [0, 0.1) is 0 Å². The summed E-state index contributed by atoms with van der Waals surface area (Å²) in [5, 5.41) is 3.45. The molecule has 0 aliphatic rings. The van der Waals surface area contributed by atoms with Crippen LogP contribution in [-0.4, -0.2) is 32.2 Å². The highest BCUT2D eigenvalue weighted by atomic mass is 32.2. The minimum absolute atomic E-state index is 0.994. The van der Waals surface area contributed by atoms with Gasteiger partial charge < -0.3 is 10.1 Å². The fraction of sp³-hybridized carbons (Fsp3) is 0.538. The lowest BCUT2D eigenvalue weighted by atomic mass is 10.1. The van der Waals surface area contributed by atoms with Gasteiger partial charge in [0.15, 0.2) is 0 Å². The lowest BCUT2D eigenvalue weighted by Crippen LogP contribution is -2.19. The SMILES string of the molecule is COc1ccccc1CCNCCCSC. The Kier molecular flexibility index (Phi) is 7.10. The summed E-state index contributed by atoms with van der Waals surface area (Å²) in [6, 6.07) is 8.21. The molecule has 2 nitrogen and oxygen atoms in total. The quantitative estimate of drug-likeness (QED) is 0.705. The normalized spacial score (nSPS) is 10.4. The molecule has 0 aliphatic carbocycles. The van der Waals surface area contributed by atoms with E-state index >= 15 is 0 Å². The molecule has 0 unspecified atom stereocenters. The fourth-order valence-electron chi connectivity index (χ4n) is 1.60. The molecule has 0 bridgehead atoms. The van der Waals surface area contributed by atoms with Crippen molar-refractivity contribution in [2.75, 3.05) is 32.2 Å². The molecule has 1 aromatic carbocycles. The number of ether oxygens (including phenoxy) is 1. The van der Waals surface area contributed by atoms with Crippen LogP contribution in [0.5, 0.6) is 5.75 Å². The summed E-state index contributed by atoms with van der Waals surface area (Å²) in [4.78, 5) is 0. The number of hydrogen-bond acceptors (Lipinski definition) is 3. The Labute approximate surface area is 103 Å². The summed E-state index contributed by atoms with van der Waals surface area (Å²) in [5.41, 5.74) is 1.28. The fourth-order valence-corrected chi connectivity index (χ4v) is 2.03. The maximum Gasteiger partial charge on any atom is 0.122 e. The van der Waals surface area contributed by atoms with Crippen molar-refractivity contribution in [1.29, 1.82) is 0 Å². The Bertz CT molecular complexity index is 291. The first-order valence-electron chi connectivity index (χ1n) is 5.70. The first-order chi connectivity index (χ1) is 7.88. The minimum Gasteiger partial charge on any atom is -0.496 e. The Morgan fingerprint density at radius 3 is 2.81 bits per heavy atom. The highest BCUT2D eigenvalue weighted by molar-refractivity contribution is 7.98. The molecule has 0 saturated carbocycles. The summed E-state index contributed by atoms with van der Waals surface area (Å²) < 4.78 is 5.31. The van der Waals surface area contributed by atoms with E-state index in [4.69, 9.17) is 4.74 Å². The molecule has 0 spiro atoms. The van der Waals surface area contributed by atoms with Gasteiger partial charge in [0, 0.05) is 0 Å². The van der Waals surface area contributed by atoms with Crippen molar-refractivity contribution in [3.8, 4) is 5.75 Å². The summed E-state index contributed by atoms with van der Waals surface area (Å²) in [7, 11) is 1.73. The van der Waals surface area contributed by atoms with E-state index in [-0.39, 0.29) is 0 Å². The highest BCUT2D eigenvalue weighted by Gasteiger charge is 2.00. The van der Waals surface area contributed by atoms with E-state index in [0.29, 0.717) is 0 Å². The van der Waals surface area contributed by atoms with Crippen LogP contribution in [0.15, 0.2) is 24.3 Å². The zero-order valence-electron chi connectivity index (χ0n) is 10.2. The molecule has 1 N–H and O–H groups in total. The van der Waals surface area contributed by atoms with Crippen molar-refractivity contribution in [3.05, 3.63) is 29.8 Å². The van der Waals surface area contributed by atoms with Crippen molar-refractivity contribution < 1.29 is 4.74 Å². The molecule has 0 aromatic heterocycles. The van der Waals surface area contributed by atoms with E-state index < -0.39 is 0 Å². The molecule has 0 atom stereocenters. The van der Waals surface area contributed by atoms with Gasteiger partial charge in [0.25, 0.3) is 0 Å². The van der Waals surface area contributed by atoms with Gasteiger partial charge in [-0.25, -0.2) is 0 Å². The third-order valence-corrected chi connectivity index (χ3v) is 3.16. The number of hydrogen-bond donors (Lipinski definition) is 1. The summed E-state index contributed by atoms with van der Waals surface area (Å²) in [6.45, 7) is 2.13. The van der Waals surface area contributed by atoms with Crippen molar-refractivity contribution in [1.82, 2.24) is 5.32 Å². The average Bonchev–Trinajstić information content (AvgIpc) is 2.34. The molecule has 0 amide bonds. The zero-order valence-corrected chi connectivity index (χ0v) is 11.0. The molecule has 0 saturated heterocycles. The minimum atomic E-state index is 0.994. The lowest BCUT2D eigenvalue weighted by molar-refractivity contribution is 0.409. The number of para-hydroxylation sites is 1. The molecule has 0 heterocycles. The predicted molar refractivity (Wildman–Crippen MR) is 72.6 cm³/mol. The summed E-state index contributed by atoms with van der Waals surface area (Å²) in [5.74, 6) is 2.23. The second-order valence-electron chi connectivity index (χ2n) is 3.66. The van der Waals surface area contributed by atoms with Crippen molar-refractivity contribution in [2.24, 2.45) is 0 Å². The monoisotopic (exact) mass is 239 g/mol. The average molecular weight is 239 g/mol. The van der Waals surface area contributed by atoms with Gasteiger partial charge in [-0.1, -0.05) is 18.2 Å². The van der Waals surface area contributed by atoms with Crippen LogP contribution in [0.25, 0.3) is 0 Å². The molecule has 3 heteroatoms. The molecule has 90 valence electrons. The van der Waals surface area contributed by atoms with Gasteiger partial charge >= 0.3 is 0 Å². The topological polar surface area (TPSA) is 21.3 Å².